The van der Waals surface area contributed by atoms with Crippen molar-refractivity contribution in [2.24, 2.45) is 0 Å². The van der Waals surface area contributed by atoms with Crippen LogP contribution in [0.5, 0.6) is 0 Å². The van der Waals surface area contributed by atoms with E-state index >= 15 is 0 Å². The van der Waals surface area contributed by atoms with Crippen LogP contribution in [0.4, 0.5) is 0 Å². The number of hydrogen-bond acceptors (Lipinski definition) is 0. The Morgan fingerprint density at radius 1 is 0.500 bits per heavy atom. The van der Waals surface area contributed by atoms with Crippen LogP contribution in [0.3, 0.4) is 0 Å². The molecule has 0 heterocycles. The maximum atomic E-state index is 3.65. The molecule has 0 radical (unpaired) electrons. The van der Waals surface area contributed by atoms with E-state index in [1.807, 2.05) is 0 Å². The monoisotopic (exact) mass is 462 g/mol. The summed E-state index contributed by atoms with van der Waals surface area (Å²) in [5.74, 6) is 6.54. The average Bonchev–Trinajstić information content (AvgIpc) is 2.45. The van der Waals surface area contributed by atoms with E-state index in [9.17, 15) is 0 Å². The molecule has 0 fully saturated rings. The van der Waals surface area contributed by atoms with Gasteiger partial charge in [-0.2, -0.15) is 0 Å². The van der Waals surface area contributed by atoms with E-state index < -0.39 is 36.8 Å². The molecule has 0 saturated heterocycles. The van der Waals surface area contributed by atoms with Crippen LogP contribution < -0.4 is 0 Å². The Morgan fingerprint density at radius 2 is 0.722 bits per heavy atom. The molecule has 0 atom stereocenters. The Bertz CT molecular complexity index is 288. The fourth-order valence-electron chi connectivity index (χ4n) is 2.36. The van der Waals surface area contributed by atoms with E-state index in [0.29, 0.717) is 0 Å². The van der Waals surface area contributed by atoms with Crippen molar-refractivity contribution in [2.75, 3.05) is 0 Å². The number of rotatable bonds is 6. The molecule has 0 saturated carbocycles. The van der Waals surface area contributed by atoms with Crippen molar-refractivity contribution in [3.63, 3.8) is 0 Å². The second-order valence-corrected chi connectivity index (χ2v) is 33.3. The molecule has 0 aromatic carbocycles. The molecular formula is C16H30Sn2. The molecule has 102 valence electrons. The summed E-state index contributed by atoms with van der Waals surface area (Å²) in [6.07, 6.45) is 0. The predicted octanol–water partition coefficient (Wildman–Crippen LogP) is 5.09. The van der Waals surface area contributed by atoms with Crippen molar-refractivity contribution >= 4 is 36.8 Å². The van der Waals surface area contributed by atoms with Crippen LogP contribution in [0, 0.1) is 19.7 Å². The second kappa shape index (κ2) is 9.59. The Hall–Kier alpha value is 0.717. The summed E-state index contributed by atoms with van der Waals surface area (Å²) in [5.41, 5.74) is 0. The molecule has 18 heavy (non-hydrogen) atoms. The fourth-order valence-corrected chi connectivity index (χ4v) is 15.8. The molecule has 0 bridgehead atoms. The topological polar surface area (TPSA) is 0 Å². The van der Waals surface area contributed by atoms with E-state index in [1.165, 1.54) is 26.6 Å². The molecule has 0 aliphatic rings. The molecule has 0 amide bonds. The minimum absolute atomic E-state index is 1.35. The van der Waals surface area contributed by atoms with E-state index in [2.05, 4.69) is 61.3 Å². The van der Waals surface area contributed by atoms with Crippen LogP contribution >= 0.6 is 0 Å². The van der Waals surface area contributed by atoms with Crippen LogP contribution in [-0.4, -0.2) is 36.8 Å². The molecule has 0 aliphatic carbocycles. The van der Waals surface area contributed by atoms with E-state index in [1.54, 1.807) is 0 Å². The standard InChI is InChI=1S/C4.6C2H5.2Sn/c1-3-4-2;6*1-2;;/h;6*1H2,2H3;;. The first-order valence-electron chi connectivity index (χ1n) is 7.61. The molecule has 0 unspecified atom stereocenters. The first kappa shape index (κ1) is 18.7. The Balaban J connectivity index is 4.97. The van der Waals surface area contributed by atoms with Crippen LogP contribution in [0.2, 0.25) is 26.6 Å². The molecule has 0 aromatic heterocycles. The van der Waals surface area contributed by atoms with Crippen LogP contribution in [0.15, 0.2) is 0 Å². The van der Waals surface area contributed by atoms with Gasteiger partial charge in [-0.15, -0.1) is 0 Å². The van der Waals surface area contributed by atoms with Gasteiger partial charge in [-0.25, -0.2) is 0 Å². The third kappa shape index (κ3) is 5.38. The third-order valence-electron chi connectivity index (χ3n) is 4.78. The second-order valence-electron chi connectivity index (χ2n) is 5.18. The molecule has 2 heteroatoms. The summed E-state index contributed by atoms with van der Waals surface area (Å²) in [6.45, 7) is 14.0. The van der Waals surface area contributed by atoms with Gasteiger partial charge in [-0.3, -0.25) is 0 Å². The van der Waals surface area contributed by atoms with Gasteiger partial charge in [0.25, 0.3) is 0 Å². The van der Waals surface area contributed by atoms with Gasteiger partial charge in [-0.05, 0) is 0 Å². The fraction of sp³-hybridized carbons (Fsp3) is 0.750. The quantitative estimate of drug-likeness (QED) is 0.383. The average molecular weight is 460 g/mol. The van der Waals surface area contributed by atoms with Gasteiger partial charge in [0.2, 0.25) is 0 Å². The zero-order valence-corrected chi connectivity index (χ0v) is 19.0. The molecular weight excluding hydrogens is 430 g/mol. The summed E-state index contributed by atoms with van der Waals surface area (Å²) >= 11 is -4.10. The van der Waals surface area contributed by atoms with Crippen molar-refractivity contribution in [1.29, 1.82) is 0 Å². The van der Waals surface area contributed by atoms with Gasteiger partial charge >= 0.3 is 125 Å². The van der Waals surface area contributed by atoms with Crippen molar-refractivity contribution in [3.05, 3.63) is 0 Å². The van der Waals surface area contributed by atoms with Crippen molar-refractivity contribution < 1.29 is 0 Å². The summed E-state index contributed by atoms with van der Waals surface area (Å²) in [6, 6.07) is 0. The Kier molecular flexibility index (Phi) is 9.98. The summed E-state index contributed by atoms with van der Waals surface area (Å²) in [5, 5.41) is 0. The molecule has 0 spiro atoms. The molecule has 0 rings (SSSR count). The van der Waals surface area contributed by atoms with Gasteiger partial charge in [0.05, 0.1) is 0 Å². The van der Waals surface area contributed by atoms with Gasteiger partial charge in [-0.1, -0.05) is 0 Å². The van der Waals surface area contributed by atoms with Gasteiger partial charge in [0.1, 0.15) is 0 Å². The van der Waals surface area contributed by atoms with Crippen molar-refractivity contribution in [1.82, 2.24) is 0 Å². The number of hydrogen-bond donors (Lipinski definition) is 0. The molecule has 0 aromatic rings. The normalized spacial score (nSPS) is 11.2. The summed E-state index contributed by atoms with van der Waals surface area (Å²) in [4.78, 5) is 0. The van der Waals surface area contributed by atoms with E-state index in [-0.39, 0.29) is 0 Å². The Labute approximate surface area is 123 Å². The Morgan fingerprint density at radius 3 is 0.889 bits per heavy atom. The third-order valence-corrected chi connectivity index (χ3v) is 31.7. The molecule has 0 aliphatic heterocycles. The van der Waals surface area contributed by atoms with Gasteiger partial charge in [0, 0.05) is 0 Å². The summed E-state index contributed by atoms with van der Waals surface area (Å²) in [7, 11) is 0. The minimum atomic E-state index is -2.05. The van der Waals surface area contributed by atoms with E-state index in [4.69, 9.17) is 0 Å². The molecule has 0 nitrogen and oxygen atoms in total. The SMILES string of the molecule is C[CH2][Sn]([C]#CC#[C][Sn]([CH2]C)([CH2]C)[CH2]C)([CH2]C)[CH2]C. The predicted molar refractivity (Wildman–Crippen MR) is 89.9 cm³/mol. The first-order valence-corrected chi connectivity index (χ1v) is 22.6. The summed E-state index contributed by atoms with van der Waals surface area (Å²) < 4.78 is 15.4. The van der Waals surface area contributed by atoms with Crippen molar-refractivity contribution in [3.8, 4) is 19.7 Å². The van der Waals surface area contributed by atoms with Gasteiger partial charge < -0.3 is 0 Å². The van der Waals surface area contributed by atoms with Crippen molar-refractivity contribution in [2.45, 2.75) is 68.2 Å². The van der Waals surface area contributed by atoms with E-state index in [0.717, 1.165) is 0 Å². The van der Waals surface area contributed by atoms with Crippen LogP contribution in [-0.2, 0) is 0 Å². The molecule has 0 N–H and O–H groups in total. The van der Waals surface area contributed by atoms with Crippen LogP contribution in [0.1, 0.15) is 41.5 Å². The zero-order valence-electron chi connectivity index (χ0n) is 13.2. The zero-order chi connectivity index (χ0) is 14.1. The van der Waals surface area contributed by atoms with Crippen LogP contribution in [0.25, 0.3) is 0 Å². The first-order chi connectivity index (χ1) is 8.57. The maximum absolute atomic E-state index is 3.65. The van der Waals surface area contributed by atoms with Gasteiger partial charge in [0.15, 0.2) is 0 Å².